The summed E-state index contributed by atoms with van der Waals surface area (Å²) in [7, 11) is -3.98. The SMILES string of the molecule is O=C(Nc1cc(F)c(F)c(F)c1)c1ccc(Cl)c(S(=O)(=O)[C@@H]2CC3CC[C@@H](C2)[C@@]3(O)CN2CCOCC2)c1. The summed E-state index contributed by atoms with van der Waals surface area (Å²) in [5.74, 6) is -5.82. The first kappa shape index (κ1) is 27.4. The molecule has 2 saturated carbocycles. The lowest BCUT2D eigenvalue weighted by atomic mass is 9.74. The van der Waals surface area contributed by atoms with Gasteiger partial charge in [-0.1, -0.05) is 11.6 Å². The van der Waals surface area contributed by atoms with E-state index in [0.717, 1.165) is 32.0 Å². The van der Waals surface area contributed by atoms with E-state index in [0.29, 0.717) is 31.9 Å². The number of fused-ring (bicyclic) bond motifs is 2. The topological polar surface area (TPSA) is 95.9 Å². The van der Waals surface area contributed by atoms with Crippen molar-refractivity contribution in [2.45, 2.75) is 41.4 Å². The van der Waals surface area contributed by atoms with Crippen LogP contribution in [0.3, 0.4) is 0 Å². The number of carbonyl (C=O) groups excluding carboxylic acids is 1. The van der Waals surface area contributed by atoms with E-state index >= 15 is 0 Å². The highest BCUT2D eigenvalue weighted by Gasteiger charge is 2.56. The van der Waals surface area contributed by atoms with Gasteiger partial charge in [-0.25, -0.2) is 21.6 Å². The molecule has 0 spiro atoms. The Morgan fingerprint density at radius 3 is 2.29 bits per heavy atom. The van der Waals surface area contributed by atoms with Crippen LogP contribution < -0.4 is 5.32 Å². The van der Waals surface area contributed by atoms with E-state index in [1.807, 2.05) is 0 Å². The lowest BCUT2D eigenvalue weighted by Gasteiger charge is -2.45. The van der Waals surface area contributed by atoms with Gasteiger partial charge in [-0.2, -0.15) is 0 Å². The number of carbonyl (C=O) groups is 1. The molecule has 2 N–H and O–H groups in total. The van der Waals surface area contributed by atoms with Gasteiger partial charge in [-0.05, 0) is 55.7 Å². The number of hydrogen-bond donors (Lipinski definition) is 2. The van der Waals surface area contributed by atoms with E-state index < -0.39 is 44.0 Å². The number of nitrogens with zero attached hydrogens (tertiary/aromatic N) is 1. The molecule has 0 aromatic heterocycles. The molecule has 3 aliphatic rings. The summed E-state index contributed by atoms with van der Waals surface area (Å²) in [6.45, 7) is 3.15. The van der Waals surface area contributed by atoms with Gasteiger partial charge in [0.05, 0.1) is 34.0 Å². The lowest BCUT2D eigenvalue weighted by Crippen LogP contribution is -2.56. The minimum atomic E-state index is -3.98. The molecular formula is C26H28ClF3N2O5S. The van der Waals surface area contributed by atoms with E-state index in [1.165, 1.54) is 12.1 Å². The summed E-state index contributed by atoms with van der Waals surface area (Å²) in [4.78, 5) is 14.7. The largest absolute Gasteiger partial charge is 0.388 e. The summed E-state index contributed by atoms with van der Waals surface area (Å²) in [5.41, 5.74) is -1.39. The molecule has 4 atom stereocenters. The summed E-state index contributed by atoms with van der Waals surface area (Å²) in [6, 6.07) is 4.96. The fourth-order valence-electron chi connectivity index (χ4n) is 6.11. The smallest absolute Gasteiger partial charge is 0.255 e. The van der Waals surface area contributed by atoms with E-state index in [9.17, 15) is 31.5 Å². The zero-order valence-electron chi connectivity index (χ0n) is 20.4. The number of hydrogen-bond acceptors (Lipinski definition) is 6. The van der Waals surface area contributed by atoms with Crippen molar-refractivity contribution in [1.29, 1.82) is 0 Å². The van der Waals surface area contributed by atoms with Gasteiger partial charge in [0.15, 0.2) is 27.3 Å². The van der Waals surface area contributed by atoms with Crippen molar-refractivity contribution >= 4 is 33.0 Å². The first-order valence-electron chi connectivity index (χ1n) is 12.5. The maximum absolute atomic E-state index is 13.7. The standard InChI is InChI=1S/C26H28ClF3N2O5S/c27-20-4-1-15(25(33)31-18-12-21(28)24(30)22(29)13-18)9-23(20)38(35,36)19-10-16-2-3-17(11-19)26(16,34)14-32-5-7-37-8-6-32/h1,4,9,12-13,16-17,19,34H,2-3,5-8,10-11,14H2,(H,31,33)/t16-,17?,19-,26-/m0/s1. The van der Waals surface area contributed by atoms with Crippen molar-refractivity contribution in [2.24, 2.45) is 11.8 Å². The first-order valence-corrected chi connectivity index (χ1v) is 14.4. The van der Waals surface area contributed by atoms with Crippen molar-refractivity contribution in [3.8, 4) is 0 Å². The summed E-state index contributed by atoms with van der Waals surface area (Å²) >= 11 is 6.28. The molecule has 0 radical (unpaired) electrons. The number of nitrogens with one attached hydrogen (secondary N) is 1. The minimum Gasteiger partial charge on any atom is -0.388 e. The Balaban J connectivity index is 1.35. The number of anilines is 1. The van der Waals surface area contributed by atoms with Crippen LogP contribution in [0.1, 0.15) is 36.0 Å². The Kier molecular flexibility index (Phi) is 7.51. The molecule has 5 rings (SSSR count). The van der Waals surface area contributed by atoms with E-state index in [4.69, 9.17) is 16.3 Å². The third-order valence-electron chi connectivity index (χ3n) is 8.13. The van der Waals surface area contributed by atoms with Gasteiger partial charge < -0.3 is 15.2 Å². The number of amides is 1. The van der Waals surface area contributed by atoms with Crippen LogP contribution in [0.2, 0.25) is 5.02 Å². The second-order valence-electron chi connectivity index (χ2n) is 10.3. The number of benzene rings is 2. The Morgan fingerprint density at radius 2 is 1.68 bits per heavy atom. The number of rotatable bonds is 6. The van der Waals surface area contributed by atoms with Crippen molar-refractivity contribution in [3.63, 3.8) is 0 Å². The highest BCUT2D eigenvalue weighted by molar-refractivity contribution is 7.92. The zero-order chi connectivity index (χ0) is 27.2. The van der Waals surface area contributed by atoms with Gasteiger partial charge in [0, 0.05) is 43.0 Å². The molecular weight excluding hydrogens is 545 g/mol. The van der Waals surface area contributed by atoms with E-state index in [2.05, 4.69) is 10.2 Å². The third kappa shape index (κ3) is 5.06. The molecule has 1 aliphatic heterocycles. The Bertz CT molecular complexity index is 1320. The van der Waals surface area contributed by atoms with Crippen molar-refractivity contribution in [2.75, 3.05) is 38.2 Å². The van der Waals surface area contributed by atoms with Crippen LogP contribution in [0.5, 0.6) is 0 Å². The Labute approximate surface area is 223 Å². The number of ether oxygens (including phenoxy) is 1. The van der Waals surface area contributed by atoms with Crippen molar-refractivity contribution in [1.82, 2.24) is 4.90 Å². The first-order chi connectivity index (χ1) is 18.0. The summed E-state index contributed by atoms with van der Waals surface area (Å²) in [6.07, 6.45) is 2.03. The number of sulfone groups is 1. The molecule has 1 saturated heterocycles. The third-order valence-corrected chi connectivity index (χ3v) is 10.8. The molecule has 38 heavy (non-hydrogen) atoms. The second-order valence-corrected chi connectivity index (χ2v) is 12.9. The van der Waals surface area contributed by atoms with Crippen molar-refractivity contribution in [3.05, 3.63) is 58.4 Å². The van der Waals surface area contributed by atoms with Crippen LogP contribution in [0.15, 0.2) is 35.2 Å². The highest BCUT2D eigenvalue weighted by atomic mass is 35.5. The summed E-state index contributed by atoms with van der Waals surface area (Å²) in [5, 5.41) is 13.0. The second kappa shape index (κ2) is 10.4. The molecule has 12 heteroatoms. The van der Waals surface area contributed by atoms with Crippen LogP contribution in [0.4, 0.5) is 18.9 Å². The monoisotopic (exact) mass is 572 g/mol. The van der Waals surface area contributed by atoms with Gasteiger partial charge in [-0.15, -0.1) is 0 Å². The zero-order valence-corrected chi connectivity index (χ0v) is 22.0. The van der Waals surface area contributed by atoms with Crippen LogP contribution in [-0.2, 0) is 14.6 Å². The molecule has 1 heterocycles. The van der Waals surface area contributed by atoms with Crippen LogP contribution in [-0.4, -0.2) is 68.0 Å². The van der Waals surface area contributed by atoms with Crippen LogP contribution in [0, 0.1) is 29.3 Å². The number of aliphatic hydroxyl groups is 1. The number of morpholine rings is 1. The fourth-order valence-corrected chi connectivity index (χ4v) is 8.51. The average molecular weight is 573 g/mol. The van der Waals surface area contributed by atoms with Crippen LogP contribution in [0.25, 0.3) is 0 Å². The number of halogens is 4. The van der Waals surface area contributed by atoms with Crippen molar-refractivity contribution < 1.29 is 36.2 Å². The van der Waals surface area contributed by atoms with Gasteiger partial charge in [0.25, 0.3) is 5.91 Å². The molecule has 3 fully saturated rings. The van der Waals surface area contributed by atoms with Crippen LogP contribution >= 0.6 is 11.6 Å². The van der Waals surface area contributed by atoms with Gasteiger partial charge >= 0.3 is 0 Å². The molecule has 206 valence electrons. The highest BCUT2D eigenvalue weighted by Crippen LogP contribution is 2.52. The van der Waals surface area contributed by atoms with E-state index in [-0.39, 0.29) is 45.8 Å². The molecule has 1 amide bonds. The Morgan fingerprint density at radius 1 is 1.08 bits per heavy atom. The molecule has 1 unspecified atom stereocenters. The quantitative estimate of drug-likeness (QED) is 0.508. The predicted octanol–water partition coefficient (Wildman–Crippen LogP) is 4.04. The van der Waals surface area contributed by atoms with Gasteiger partial charge in [-0.3, -0.25) is 9.69 Å². The molecule has 2 aliphatic carbocycles. The molecule has 2 aromatic rings. The molecule has 2 aromatic carbocycles. The Hall–Kier alpha value is -2.18. The lowest BCUT2D eigenvalue weighted by molar-refractivity contribution is -0.0935. The minimum absolute atomic E-state index is 0.0538. The normalized spacial score (nSPS) is 27.9. The maximum atomic E-state index is 13.7. The van der Waals surface area contributed by atoms with Gasteiger partial charge in [0.2, 0.25) is 0 Å². The maximum Gasteiger partial charge on any atom is 0.255 e. The summed E-state index contributed by atoms with van der Waals surface area (Å²) < 4.78 is 73.1. The molecule has 7 nitrogen and oxygen atoms in total. The average Bonchev–Trinajstić information content (AvgIpc) is 3.04. The van der Waals surface area contributed by atoms with Gasteiger partial charge in [0.1, 0.15) is 0 Å². The number of β-amino-alcohol motifs (C(OH)–C–C–N with tert-alkyl or cyclic N) is 1. The van der Waals surface area contributed by atoms with E-state index in [1.54, 1.807) is 0 Å². The predicted molar refractivity (Wildman–Crippen MR) is 134 cm³/mol. The molecule has 2 bridgehead atoms. The fraction of sp³-hybridized carbons (Fsp3) is 0.500.